The smallest absolute Gasteiger partial charge is 0.328 e. The fourth-order valence-electron chi connectivity index (χ4n) is 5.32. The average Bonchev–Trinajstić information content (AvgIpc) is 2.95. The Morgan fingerprint density at radius 2 is 1.73 bits per heavy atom. The fraction of sp³-hybridized carbons (Fsp3) is 0.419. The number of carbonyl (C=O) groups is 3. The number of benzene rings is 2. The molecule has 212 valence electrons. The van der Waals surface area contributed by atoms with E-state index >= 15 is 0 Å². The molecule has 40 heavy (non-hydrogen) atoms. The lowest BCUT2D eigenvalue weighted by Crippen LogP contribution is -2.39. The van der Waals surface area contributed by atoms with Crippen LogP contribution >= 0.6 is 0 Å². The second kappa shape index (κ2) is 13.9. The molecule has 3 aliphatic rings. The molecular formula is C31H37N3O6. The SMILES string of the molecule is Cc1ccc2c(c1)C1=NN(c3ccc(OCCCN4CCCCC4)cc3)C(=O)CC1CC2.O=C(O)/C=C\C(=O)O. The van der Waals surface area contributed by atoms with Crippen molar-refractivity contribution in [2.75, 3.05) is 31.3 Å². The highest BCUT2D eigenvalue weighted by Crippen LogP contribution is 2.34. The Kier molecular flexibility index (Phi) is 10.1. The highest BCUT2D eigenvalue weighted by atomic mass is 16.5. The van der Waals surface area contributed by atoms with Crippen LogP contribution in [0.25, 0.3) is 0 Å². The summed E-state index contributed by atoms with van der Waals surface area (Å²) in [7, 11) is 0. The molecule has 0 radical (unpaired) electrons. The zero-order valence-corrected chi connectivity index (χ0v) is 22.9. The van der Waals surface area contributed by atoms with Crippen molar-refractivity contribution >= 4 is 29.2 Å². The van der Waals surface area contributed by atoms with Gasteiger partial charge in [-0.3, -0.25) is 4.79 Å². The summed E-state index contributed by atoms with van der Waals surface area (Å²) >= 11 is 0. The van der Waals surface area contributed by atoms with Crippen molar-refractivity contribution in [3.63, 3.8) is 0 Å². The number of aliphatic carboxylic acids is 2. The molecule has 9 heteroatoms. The van der Waals surface area contributed by atoms with E-state index in [4.69, 9.17) is 20.1 Å². The summed E-state index contributed by atoms with van der Waals surface area (Å²) in [6.45, 7) is 6.40. The molecule has 1 saturated heterocycles. The number of aryl methyl sites for hydroxylation is 2. The van der Waals surface area contributed by atoms with Crippen LogP contribution in [0.15, 0.2) is 59.7 Å². The number of nitrogens with zero attached hydrogens (tertiary/aromatic N) is 3. The lowest BCUT2D eigenvalue weighted by molar-refractivity contribution is -0.134. The molecule has 1 fully saturated rings. The third kappa shape index (κ3) is 8.02. The number of ether oxygens (including phenoxy) is 1. The summed E-state index contributed by atoms with van der Waals surface area (Å²) in [5.74, 6) is -1.36. The Morgan fingerprint density at radius 3 is 2.40 bits per heavy atom. The van der Waals surface area contributed by atoms with E-state index in [1.807, 2.05) is 24.3 Å². The minimum atomic E-state index is -1.26. The summed E-state index contributed by atoms with van der Waals surface area (Å²) in [4.78, 5) is 34.5. The first-order valence-corrected chi connectivity index (χ1v) is 13.9. The predicted molar refractivity (Wildman–Crippen MR) is 153 cm³/mol. The summed E-state index contributed by atoms with van der Waals surface area (Å²) in [5.41, 5.74) is 5.66. The Labute approximate surface area is 234 Å². The molecule has 1 aliphatic carbocycles. The molecular weight excluding hydrogens is 510 g/mol. The zero-order chi connectivity index (χ0) is 28.5. The van der Waals surface area contributed by atoms with E-state index in [0.717, 1.165) is 49.6 Å². The van der Waals surface area contributed by atoms with E-state index in [9.17, 15) is 14.4 Å². The molecule has 0 bridgehead atoms. The lowest BCUT2D eigenvalue weighted by Gasteiger charge is -2.33. The van der Waals surface area contributed by atoms with Gasteiger partial charge in [0.1, 0.15) is 5.75 Å². The maximum atomic E-state index is 12.9. The second-order valence-corrected chi connectivity index (χ2v) is 10.4. The minimum absolute atomic E-state index is 0.0741. The molecule has 0 spiro atoms. The Morgan fingerprint density at radius 1 is 1.02 bits per heavy atom. The normalized spacial score (nSPS) is 18.7. The standard InChI is InChI=1S/C27H33N3O2.C4H4O4/c1-20-6-7-21-8-9-22-19-26(31)30(28-27(22)25(21)18-20)23-10-12-24(13-11-23)32-17-5-16-29-14-3-2-4-15-29;5-3(6)1-2-4(7)8/h6-7,10-13,18,22H,2-5,8-9,14-17,19H2,1H3;1-2H,(H,5,6)(H,7,8)/b;2-1-. The van der Waals surface area contributed by atoms with Crippen molar-refractivity contribution in [2.24, 2.45) is 11.0 Å². The number of carboxylic acids is 2. The number of hydrogen-bond acceptors (Lipinski definition) is 6. The van der Waals surface area contributed by atoms with Gasteiger partial charge in [0.05, 0.1) is 18.0 Å². The van der Waals surface area contributed by atoms with E-state index in [1.165, 1.54) is 49.0 Å². The molecule has 2 N–H and O–H groups in total. The molecule has 2 aromatic rings. The molecule has 0 aromatic heterocycles. The van der Waals surface area contributed by atoms with Gasteiger partial charge in [-0.25, -0.2) is 14.6 Å². The molecule has 5 rings (SSSR count). The molecule has 1 atom stereocenters. The number of carboxylic acid groups (broad SMARTS) is 2. The second-order valence-electron chi connectivity index (χ2n) is 10.4. The summed E-state index contributed by atoms with van der Waals surface area (Å²) in [6.07, 6.45) is 8.74. The molecule has 2 aliphatic heterocycles. The number of hydrazone groups is 1. The van der Waals surface area contributed by atoms with Gasteiger partial charge in [0.2, 0.25) is 5.91 Å². The van der Waals surface area contributed by atoms with Gasteiger partial charge in [-0.05, 0) is 88.0 Å². The Hall–Kier alpha value is -3.98. The summed E-state index contributed by atoms with van der Waals surface area (Å²) in [6, 6.07) is 14.4. The topological polar surface area (TPSA) is 120 Å². The fourth-order valence-corrected chi connectivity index (χ4v) is 5.32. The van der Waals surface area contributed by atoms with Crippen molar-refractivity contribution in [1.29, 1.82) is 0 Å². The monoisotopic (exact) mass is 547 g/mol. The largest absolute Gasteiger partial charge is 0.494 e. The summed E-state index contributed by atoms with van der Waals surface area (Å²) in [5, 5.41) is 22.1. The molecule has 1 amide bonds. The van der Waals surface area contributed by atoms with Crippen LogP contribution in [0.2, 0.25) is 0 Å². The first-order chi connectivity index (χ1) is 19.3. The van der Waals surface area contributed by atoms with E-state index in [2.05, 4.69) is 30.0 Å². The quantitative estimate of drug-likeness (QED) is 0.364. The van der Waals surface area contributed by atoms with Crippen LogP contribution in [-0.4, -0.2) is 64.9 Å². The highest BCUT2D eigenvalue weighted by Gasteiger charge is 2.34. The molecule has 1 unspecified atom stereocenters. The number of amides is 1. The van der Waals surface area contributed by atoms with E-state index in [1.54, 1.807) is 5.01 Å². The number of carbonyl (C=O) groups excluding carboxylic acids is 1. The number of anilines is 1. The maximum Gasteiger partial charge on any atom is 0.328 e. The van der Waals surface area contributed by atoms with Gasteiger partial charge in [0.15, 0.2) is 0 Å². The zero-order valence-electron chi connectivity index (χ0n) is 22.9. The van der Waals surface area contributed by atoms with Gasteiger partial charge in [-0.1, -0.05) is 24.1 Å². The first-order valence-electron chi connectivity index (χ1n) is 13.9. The number of rotatable bonds is 8. The van der Waals surface area contributed by atoms with Gasteiger partial charge in [0, 0.05) is 36.6 Å². The van der Waals surface area contributed by atoms with Gasteiger partial charge in [-0.2, -0.15) is 5.10 Å². The summed E-state index contributed by atoms with van der Waals surface area (Å²) < 4.78 is 5.95. The van der Waals surface area contributed by atoms with E-state index < -0.39 is 11.9 Å². The number of fused-ring (bicyclic) bond motifs is 3. The van der Waals surface area contributed by atoms with Crippen LogP contribution in [0.5, 0.6) is 5.75 Å². The molecule has 0 saturated carbocycles. The molecule has 2 aromatic carbocycles. The van der Waals surface area contributed by atoms with Crippen molar-refractivity contribution in [3.05, 3.63) is 71.3 Å². The number of hydrogen-bond donors (Lipinski definition) is 2. The van der Waals surface area contributed by atoms with E-state index in [-0.39, 0.29) is 11.8 Å². The van der Waals surface area contributed by atoms with Crippen molar-refractivity contribution in [2.45, 2.75) is 51.9 Å². The highest BCUT2D eigenvalue weighted by molar-refractivity contribution is 6.11. The Bertz CT molecular complexity index is 1250. The van der Waals surface area contributed by atoms with Crippen LogP contribution in [0.4, 0.5) is 5.69 Å². The lowest BCUT2D eigenvalue weighted by atomic mass is 9.79. The molecule has 2 heterocycles. The van der Waals surface area contributed by atoms with Crippen LogP contribution < -0.4 is 9.75 Å². The third-order valence-corrected chi connectivity index (χ3v) is 7.34. The minimum Gasteiger partial charge on any atom is -0.494 e. The van der Waals surface area contributed by atoms with Crippen molar-refractivity contribution < 1.29 is 29.3 Å². The predicted octanol–water partition coefficient (Wildman–Crippen LogP) is 4.67. The average molecular weight is 548 g/mol. The third-order valence-electron chi connectivity index (χ3n) is 7.34. The van der Waals surface area contributed by atoms with Crippen LogP contribution in [0.3, 0.4) is 0 Å². The molecule has 9 nitrogen and oxygen atoms in total. The first kappa shape index (κ1) is 29.0. The van der Waals surface area contributed by atoms with Crippen molar-refractivity contribution in [3.8, 4) is 5.75 Å². The number of piperidine rings is 1. The van der Waals surface area contributed by atoms with Gasteiger partial charge >= 0.3 is 11.9 Å². The van der Waals surface area contributed by atoms with Gasteiger partial charge in [0.25, 0.3) is 0 Å². The number of likely N-dealkylation sites (tertiary alicyclic amines) is 1. The Balaban J connectivity index is 0.000000406. The van der Waals surface area contributed by atoms with Gasteiger partial charge < -0.3 is 19.8 Å². The van der Waals surface area contributed by atoms with Crippen LogP contribution in [-0.2, 0) is 20.8 Å². The maximum absolute atomic E-state index is 12.9. The van der Waals surface area contributed by atoms with E-state index in [0.29, 0.717) is 18.6 Å². The van der Waals surface area contributed by atoms with Crippen LogP contribution in [0, 0.1) is 12.8 Å². The van der Waals surface area contributed by atoms with Crippen molar-refractivity contribution in [1.82, 2.24) is 4.90 Å². The van der Waals surface area contributed by atoms with Gasteiger partial charge in [-0.15, -0.1) is 0 Å². The van der Waals surface area contributed by atoms with Crippen LogP contribution in [0.1, 0.15) is 55.2 Å².